The molecule has 0 atom stereocenters. The number of oxazole rings is 1. The first-order valence-corrected chi connectivity index (χ1v) is 7.56. The number of benzene rings is 1. The zero-order chi connectivity index (χ0) is 15.4. The van der Waals surface area contributed by atoms with Crippen molar-refractivity contribution in [3.63, 3.8) is 0 Å². The quantitative estimate of drug-likeness (QED) is 0.445. The van der Waals surface area contributed by atoms with Gasteiger partial charge in [-0.2, -0.15) is 5.10 Å². The van der Waals surface area contributed by atoms with Gasteiger partial charge in [0.2, 0.25) is 0 Å². The van der Waals surface area contributed by atoms with E-state index in [0.29, 0.717) is 16.6 Å². The van der Waals surface area contributed by atoms with E-state index in [9.17, 15) is 4.79 Å². The third kappa shape index (κ3) is 3.56. The van der Waals surface area contributed by atoms with E-state index in [1.165, 1.54) is 18.0 Å². The van der Waals surface area contributed by atoms with Gasteiger partial charge in [-0.25, -0.2) is 10.4 Å². The summed E-state index contributed by atoms with van der Waals surface area (Å²) in [5.41, 5.74) is 3.90. The lowest BCUT2D eigenvalue weighted by Gasteiger charge is -1.96. The van der Waals surface area contributed by atoms with E-state index >= 15 is 0 Å². The molecule has 2 heterocycles. The van der Waals surface area contributed by atoms with Gasteiger partial charge in [0.05, 0.1) is 12.0 Å². The van der Waals surface area contributed by atoms with E-state index in [-0.39, 0.29) is 11.7 Å². The van der Waals surface area contributed by atoms with Crippen LogP contribution in [-0.2, 0) is 4.79 Å². The number of hydrogen-bond acceptors (Lipinski definition) is 6. The van der Waals surface area contributed by atoms with E-state index in [2.05, 4.69) is 15.5 Å². The molecule has 0 aliphatic heterocycles. The fourth-order valence-corrected chi connectivity index (χ4v) is 2.39. The molecule has 22 heavy (non-hydrogen) atoms. The Morgan fingerprint density at radius 1 is 1.32 bits per heavy atom. The molecule has 0 unspecified atom stereocenters. The van der Waals surface area contributed by atoms with Crippen molar-refractivity contribution in [2.45, 2.75) is 12.1 Å². The first-order valence-electron chi connectivity index (χ1n) is 6.57. The Hall–Kier alpha value is -2.54. The predicted octanol–water partition coefficient (Wildman–Crippen LogP) is 2.97. The van der Waals surface area contributed by atoms with Crippen LogP contribution in [0.3, 0.4) is 0 Å². The molecule has 0 fully saturated rings. The van der Waals surface area contributed by atoms with Crippen molar-refractivity contribution in [3.05, 3.63) is 47.9 Å². The second-order valence-corrected chi connectivity index (χ2v) is 5.40. The van der Waals surface area contributed by atoms with Crippen molar-refractivity contribution >= 4 is 35.0 Å². The van der Waals surface area contributed by atoms with Crippen molar-refractivity contribution in [2.24, 2.45) is 5.10 Å². The van der Waals surface area contributed by atoms with Gasteiger partial charge in [0.15, 0.2) is 5.58 Å². The fraction of sp³-hybridized carbons (Fsp3) is 0.133. The number of carbonyl (C=O) groups excluding carboxylic acids is 1. The Labute approximate surface area is 130 Å². The normalized spacial score (nSPS) is 11.3. The molecular weight excluding hydrogens is 302 g/mol. The lowest BCUT2D eigenvalue weighted by atomic mass is 10.3. The van der Waals surface area contributed by atoms with Gasteiger partial charge in [-0.05, 0) is 31.2 Å². The second kappa shape index (κ2) is 6.48. The minimum atomic E-state index is -0.244. The molecule has 6 nitrogen and oxygen atoms in total. The molecule has 0 radical (unpaired) electrons. The van der Waals surface area contributed by atoms with Crippen LogP contribution in [0.2, 0.25) is 0 Å². The Morgan fingerprint density at radius 2 is 2.18 bits per heavy atom. The monoisotopic (exact) mass is 315 g/mol. The molecule has 3 rings (SSSR count). The summed E-state index contributed by atoms with van der Waals surface area (Å²) in [5.74, 6) is 1.30. The molecule has 3 aromatic rings. The number of amides is 1. The Kier molecular flexibility index (Phi) is 4.24. The van der Waals surface area contributed by atoms with Gasteiger partial charge in [0.25, 0.3) is 11.1 Å². The summed E-state index contributed by atoms with van der Waals surface area (Å²) in [6.07, 6.45) is 1.45. The van der Waals surface area contributed by atoms with Crippen LogP contribution in [-0.4, -0.2) is 22.9 Å². The number of fused-ring (bicyclic) bond motifs is 1. The highest BCUT2D eigenvalue weighted by Gasteiger charge is 2.08. The van der Waals surface area contributed by atoms with Crippen molar-refractivity contribution in [1.29, 1.82) is 0 Å². The number of aryl methyl sites for hydroxylation is 1. The summed E-state index contributed by atoms with van der Waals surface area (Å²) in [7, 11) is 0. The van der Waals surface area contributed by atoms with Crippen LogP contribution in [0.5, 0.6) is 0 Å². The summed E-state index contributed by atoms with van der Waals surface area (Å²) in [6, 6.07) is 11.1. The highest BCUT2D eigenvalue weighted by Crippen LogP contribution is 2.22. The summed E-state index contributed by atoms with van der Waals surface area (Å²) in [5, 5.41) is 4.29. The van der Waals surface area contributed by atoms with Gasteiger partial charge in [-0.15, -0.1) is 0 Å². The molecule has 7 heteroatoms. The van der Waals surface area contributed by atoms with Gasteiger partial charge >= 0.3 is 0 Å². The summed E-state index contributed by atoms with van der Waals surface area (Å²) in [6.45, 7) is 1.84. The predicted molar refractivity (Wildman–Crippen MR) is 83.9 cm³/mol. The number of para-hydroxylation sites is 2. The van der Waals surface area contributed by atoms with E-state index < -0.39 is 0 Å². The number of carbonyl (C=O) groups is 1. The zero-order valence-corrected chi connectivity index (χ0v) is 12.6. The van der Waals surface area contributed by atoms with Crippen LogP contribution in [0, 0.1) is 6.92 Å². The van der Waals surface area contributed by atoms with Gasteiger partial charge in [0, 0.05) is 0 Å². The molecule has 0 spiro atoms. The van der Waals surface area contributed by atoms with Crippen LogP contribution in [0.4, 0.5) is 0 Å². The van der Waals surface area contributed by atoms with E-state index in [4.69, 9.17) is 8.83 Å². The molecule has 0 aliphatic rings. The molecule has 1 aromatic carbocycles. The van der Waals surface area contributed by atoms with E-state index in [1.807, 2.05) is 37.3 Å². The first-order chi connectivity index (χ1) is 10.7. The largest absolute Gasteiger partial charge is 0.460 e. The number of thioether (sulfide) groups is 1. The van der Waals surface area contributed by atoms with Gasteiger partial charge < -0.3 is 8.83 Å². The van der Waals surface area contributed by atoms with Crippen molar-refractivity contribution in [2.75, 3.05) is 5.75 Å². The fourth-order valence-electron chi connectivity index (χ4n) is 1.76. The Balaban J connectivity index is 1.50. The maximum absolute atomic E-state index is 11.7. The van der Waals surface area contributed by atoms with Crippen LogP contribution in [0.1, 0.15) is 11.5 Å². The molecule has 112 valence electrons. The summed E-state index contributed by atoms with van der Waals surface area (Å²) < 4.78 is 10.8. The van der Waals surface area contributed by atoms with Crippen LogP contribution in [0.25, 0.3) is 11.1 Å². The molecule has 0 saturated heterocycles. The molecule has 2 aromatic heterocycles. The summed E-state index contributed by atoms with van der Waals surface area (Å²) in [4.78, 5) is 16.0. The number of nitrogens with zero attached hydrogens (tertiary/aromatic N) is 2. The third-order valence-electron chi connectivity index (χ3n) is 2.74. The minimum Gasteiger partial charge on any atom is -0.460 e. The SMILES string of the molecule is Cc1ccc(/C=N\NC(=O)CSc2nc3ccccc3o2)o1. The molecule has 1 N–H and O–H groups in total. The number of rotatable bonds is 5. The zero-order valence-electron chi connectivity index (χ0n) is 11.8. The number of nitrogens with one attached hydrogen (secondary N) is 1. The van der Waals surface area contributed by atoms with Crippen molar-refractivity contribution < 1.29 is 13.6 Å². The van der Waals surface area contributed by atoms with E-state index in [0.717, 1.165) is 11.3 Å². The lowest BCUT2D eigenvalue weighted by molar-refractivity contribution is -0.118. The number of furan rings is 1. The number of hydrazone groups is 1. The van der Waals surface area contributed by atoms with E-state index in [1.54, 1.807) is 6.07 Å². The topological polar surface area (TPSA) is 80.6 Å². The maximum atomic E-state index is 11.7. The molecule has 0 bridgehead atoms. The highest BCUT2D eigenvalue weighted by molar-refractivity contribution is 7.99. The lowest BCUT2D eigenvalue weighted by Crippen LogP contribution is -2.19. The Bertz CT molecular complexity index is 789. The molecule has 1 amide bonds. The second-order valence-electron chi connectivity index (χ2n) is 4.48. The van der Waals surface area contributed by atoms with Crippen LogP contribution in [0.15, 0.2) is 55.6 Å². The minimum absolute atomic E-state index is 0.168. The number of hydrogen-bond donors (Lipinski definition) is 1. The average molecular weight is 315 g/mol. The first kappa shape index (κ1) is 14.4. The van der Waals surface area contributed by atoms with Gasteiger partial charge in [0.1, 0.15) is 17.0 Å². The van der Waals surface area contributed by atoms with Gasteiger partial charge in [-0.1, -0.05) is 23.9 Å². The molecule has 0 aliphatic carbocycles. The standard InChI is InChI=1S/C15H13N3O3S/c1-10-6-7-11(20-10)8-16-18-14(19)9-22-15-17-12-4-2-3-5-13(12)21-15/h2-8H,9H2,1H3,(H,18,19)/b16-8-. The summed E-state index contributed by atoms with van der Waals surface area (Å²) >= 11 is 1.22. The maximum Gasteiger partial charge on any atom is 0.257 e. The Morgan fingerprint density at radius 3 is 2.95 bits per heavy atom. The average Bonchev–Trinajstić information content (AvgIpc) is 3.11. The molecule has 0 saturated carbocycles. The highest BCUT2D eigenvalue weighted by atomic mass is 32.2. The van der Waals surface area contributed by atoms with Crippen LogP contribution >= 0.6 is 11.8 Å². The molecular formula is C15H13N3O3S. The smallest absolute Gasteiger partial charge is 0.257 e. The van der Waals surface area contributed by atoms with Gasteiger partial charge in [-0.3, -0.25) is 4.79 Å². The van der Waals surface area contributed by atoms with Crippen LogP contribution < -0.4 is 5.43 Å². The van der Waals surface area contributed by atoms with Crippen molar-refractivity contribution in [1.82, 2.24) is 10.4 Å². The van der Waals surface area contributed by atoms with Crippen molar-refractivity contribution in [3.8, 4) is 0 Å². The number of aromatic nitrogens is 1. The third-order valence-corrected chi connectivity index (χ3v) is 3.57.